The third-order valence-corrected chi connectivity index (χ3v) is 1.85. The van der Waals surface area contributed by atoms with Crippen molar-refractivity contribution in [2.24, 2.45) is 5.92 Å². The highest BCUT2D eigenvalue weighted by atomic mass is 16.1. The van der Waals surface area contributed by atoms with Crippen LogP contribution in [0, 0.1) is 5.92 Å². The molecule has 1 aliphatic heterocycles. The second kappa shape index (κ2) is 2.97. The van der Waals surface area contributed by atoms with Gasteiger partial charge in [-0.05, 0) is 26.4 Å². The first-order valence-electron chi connectivity index (χ1n) is 3.47. The van der Waals surface area contributed by atoms with Crippen molar-refractivity contribution in [2.75, 3.05) is 20.1 Å². The third kappa shape index (κ3) is 1.79. The number of carbonyl (C=O) groups is 1. The van der Waals surface area contributed by atoms with Gasteiger partial charge >= 0.3 is 0 Å². The van der Waals surface area contributed by atoms with Crippen molar-refractivity contribution < 1.29 is 4.79 Å². The lowest BCUT2D eigenvalue weighted by molar-refractivity contribution is -0.112. The minimum absolute atomic E-state index is 0.309. The second-order valence-electron chi connectivity index (χ2n) is 2.80. The first-order valence-corrected chi connectivity index (χ1v) is 3.47. The number of hydrogen-bond acceptors (Lipinski definition) is 2. The van der Waals surface area contributed by atoms with Crippen LogP contribution >= 0.6 is 0 Å². The molecule has 1 heterocycles. The second-order valence-corrected chi connectivity index (χ2v) is 2.80. The number of aldehydes is 1. The van der Waals surface area contributed by atoms with Crippen LogP contribution < -0.4 is 0 Å². The summed E-state index contributed by atoms with van der Waals surface area (Å²) in [6.07, 6.45) is 3.35. The van der Waals surface area contributed by atoms with Crippen LogP contribution in [0.4, 0.5) is 0 Å². The number of hydrogen-bond donors (Lipinski definition) is 0. The van der Waals surface area contributed by atoms with Crippen molar-refractivity contribution in [3.63, 3.8) is 0 Å². The quantitative estimate of drug-likeness (QED) is 0.479. The summed E-state index contributed by atoms with van der Waals surface area (Å²) < 4.78 is 0. The van der Waals surface area contributed by atoms with Gasteiger partial charge in [0.25, 0.3) is 0 Å². The number of nitrogens with zero attached hydrogens (tertiary/aromatic N) is 1. The molecule has 0 saturated carbocycles. The van der Waals surface area contributed by atoms with E-state index in [1.807, 2.05) is 0 Å². The molecular weight excluding hydrogens is 114 g/mol. The maximum atomic E-state index is 10.3. The maximum Gasteiger partial charge on any atom is 0.124 e. The summed E-state index contributed by atoms with van der Waals surface area (Å²) in [5.74, 6) is 0.309. The number of likely N-dealkylation sites (tertiary alicyclic amines) is 1. The number of carbonyl (C=O) groups excluding carboxylic acids is 1. The Bertz CT molecular complexity index is 103. The van der Waals surface area contributed by atoms with Crippen LogP contribution in [0.5, 0.6) is 0 Å². The molecule has 52 valence electrons. The zero-order valence-corrected chi connectivity index (χ0v) is 5.84. The molecule has 1 fully saturated rings. The largest absolute Gasteiger partial charge is 0.306 e. The van der Waals surface area contributed by atoms with E-state index in [4.69, 9.17) is 0 Å². The zero-order chi connectivity index (χ0) is 6.69. The SMILES string of the molecule is CN1CCC[C@H](C=O)C1. The molecule has 1 atom stereocenters. The van der Waals surface area contributed by atoms with E-state index in [1.54, 1.807) is 0 Å². The number of rotatable bonds is 1. The minimum Gasteiger partial charge on any atom is -0.306 e. The van der Waals surface area contributed by atoms with E-state index in [0.29, 0.717) is 5.92 Å². The lowest BCUT2D eigenvalue weighted by Gasteiger charge is -2.25. The normalized spacial score (nSPS) is 30.1. The van der Waals surface area contributed by atoms with Crippen molar-refractivity contribution in [2.45, 2.75) is 12.8 Å². The van der Waals surface area contributed by atoms with Crippen LogP contribution in [-0.2, 0) is 4.79 Å². The van der Waals surface area contributed by atoms with E-state index in [0.717, 1.165) is 25.8 Å². The molecule has 9 heavy (non-hydrogen) atoms. The molecule has 0 radical (unpaired) electrons. The molecule has 2 heteroatoms. The average Bonchev–Trinajstić information content (AvgIpc) is 1.88. The molecule has 0 N–H and O–H groups in total. The molecule has 0 bridgehead atoms. The summed E-state index contributed by atoms with van der Waals surface area (Å²) in [5.41, 5.74) is 0. The Morgan fingerprint density at radius 2 is 2.44 bits per heavy atom. The van der Waals surface area contributed by atoms with Crippen molar-refractivity contribution >= 4 is 6.29 Å². The Kier molecular flexibility index (Phi) is 2.22. The molecule has 0 aromatic carbocycles. The van der Waals surface area contributed by atoms with Gasteiger partial charge in [0.1, 0.15) is 6.29 Å². The highest BCUT2D eigenvalue weighted by molar-refractivity contribution is 5.53. The highest BCUT2D eigenvalue weighted by Gasteiger charge is 2.15. The van der Waals surface area contributed by atoms with E-state index < -0.39 is 0 Å². The van der Waals surface area contributed by atoms with Crippen molar-refractivity contribution in [3.05, 3.63) is 0 Å². The summed E-state index contributed by atoms with van der Waals surface area (Å²) in [5, 5.41) is 0. The van der Waals surface area contributed by atoms with Crippen LogP contribution in [0.3, 0.4) is 0 Å². The van der Waals surface area contributed by atoms with E-state index in [1.165, 1.54) is 6.42 Å². The predicted molar refractivity (Wildman–Crippen MR) is 36.3 cm³/mol. The average molecular weight is 127 g/mol. The van der Waals surface area contributed by atoms with E-state index in [9.17, 15) is 4.79 Å². The van der Waals surface area contributed by atoms with Gasteiger partial charge in [0.15, 0.2) is 0 Å². The van der Waals surface area contributed by atoms with Gasteiger partial charge < -0.3 is 9.69 Å². The minimum atomic E-state index is 0.309. The standard InChI is InChI=1S/C7H13NO/c1-8-4-2-3-7(5-8)6-9/h6-7H,2-5H2,1H3/t7-/m0/s1. The molecule has 2 nitrogen and oxygen atoms in total. The van der Waals surface area contributed by atoms with Crippen molar-refractivity contribution in [3.8, 4) is 0 Å². The van der Waals surface area contributed by atoms with E-state index in [2.05, 4.69) is 11.9 Å². The van der Waals surface area contributed by atoms with Crippen molar-refractivity contribution in [1.29, 1.82) is 0 Å². The van der Waals surface area contributed by atoms with Crippen LogP contribution in [0.2, 0.25) is 0 Å². The molecule has 0 amide bonds. The van der Waals surface area contributed by atoms with Crippen LogP contribution in [0.1, 0.15) is 12.8 Å². The summed E-state index contributed by atoms with van der Waals surface area (Å²) in [6, 6.07) is 0. The molecule has 0 spiro atoms. The van der Waals surface area contributed by atoms with Gasteiger partial charge in [-0.15, -0.1) is 0 Å². The summed E-state index contributed by atoms with van der Waals surface area (Å²) in [7, 11) is 2.07. The van der Waals surface area contributed by atoms with E-state index >= 15 is 0 Å². The smallest absolute Gasteiger partial charge is 0.124 e. The molecule has 0 aromatic heterocycles. The molecule has 1 aliphatic rings. The van der Waals surface area contributed by atoms with Crippen LogP contribution in [0.25, 0.3) is 0 Å². The Balaban J connectivity index is 2.31. The van der Waals surface area contributed by atoms with Gasteiger partial charge in [-0.25, -0.2) is 0 Å². The van der Waals surface area contributed by atoms with Crippen LogP contribution in [-0.4, -0.2) is 31.3 Å². The summed E-state index contributed by atoms with van der Waals surface area (Å²) in [4.78, 5) is 12.5. The lowest BCUT2D eigenvalue weighted by atomic mass is 10.0. The molecule has 1 saturated heterocycles. The molecule has 0 aliphatic carbocycles. The topological polar surface area (TPSA) is 20.3 Å². The van der Waals surface area contributed by atoms with Crippen LogP contribution in [0.15, 0.2) is 0 Å². The summed E-state index contributed by atoms with van der Waals surface area (Å²) in [6.45, 7) is 2.12. The Morgan fingerprint density at radius 1 is 1.67 bits per heavy atom. The molecule has 0 aromatic rings. The zero-order valence-electron chi connectivity index (χ0n) is 5.84. The van der Waals surface area contributed by atoms with Gasteiger partial charge in [-0.3, -0.25) is 0 Å². The van der Waals surface area contributed by atoms with Gasteiger partial charge in [-0.1, -0.05) is 0 Å². The van der Waals surface area contributed by atoms with Gasteiger partial charge in [-0.2, -0.15) is 0 Å². The maximum absolute atomic E-state index is 10.3. The fraction of sp³-hybridized carbons (Fsp3) is 0.857. The van der Waals surface area contributed by atoms with Gasteiger partial charge in [0, 0.05) is 12.5 Å². The fourth-order valence-corrected chi connectivity index (χ4v) is 1.32. The monoisotopic (exact) mass is 127 g/mol. The Morgan fingerprint density at radius 3 is 2.89 bits per heavy atom. The van der Waals surface area contributed by atoms with Gasteiger partial charge in [0.05, 0.1) is 0 Å². The summed E-state index contributed by atoms with van der Waals surface area (Å²) >= 11 is 0. The highest BCUT2D eigenvalue weighted by Crippen LogP contribution is 2.11. The lowest BCUT2D eigenvalue weighted by Crippen LogP contribution is -2.32. The van der Waals surface area contributed by atoms with Gasteiger partial charge in [0.2, 0.25) is 0 Å². The first-order chi connectivity index (χ1) is 4.33. The fourth-order valence-electron chi connectivity index (χ4n) is 1.32. The first kappa shape index (κ1) is 6.75. The predicted octanol–water partition coefficient (Wildman–Crippen LogP) is 0.527. The molecule has 0 unspecified atom stereocenters. The Labute approximate surface area is 55.8 Å². The Hall–Kier alpha value is -0.370. The third-order valence-electron chi connectivity index (χ3n) is 1.85. The molecule has 1 rings (SSSR count). The van der Waals surface area contributed by atoms with Crippen molar-refractivity contribution in [1.82, 2.24) is 4.90 Å². The molecular formula is C7H13NO. The van der Waals surface area contributed by atoms with E-state index in [-0.39, 0.29) is 0 Å². The number of piperidine rings is 1.